The van der Waals surface area contributed by atoms with Crippen LogP contribution in [0.4, 0.5) is 0 Å². The van der Waals surface area contributed by atoms with Crippen LogP contribution < -0.4 is 5.32 Å². The van der Waals surface area contributed by atoms with Crippen molar-refractivity contribution in [2.45, 2.75) is 19.6 Å². The van der Waals surface area contributed by atoms with Crippen LogP contribution in [0.5, 0.6) is 0 Å². The first-order valence-corrected chi connectivity index (χ1v) is 3.97. The molecule has 0 heterocycles. The summed E-state index contributed by atoms with van der Waals surface area (Å²) in [5.74, 6) is 0. The summed E-state index contributed by atoms with van der Waals surface area (Å²) < 4.78 is 0. The number of aliphatic hydroxyl groups is 4. The van der Waals surface area contributed by atoms with Crippen LogP contribution in [0.25, 0.3) is 0 Å². The number of hydrogen-bond acceptors (Lipinski definition) is 5. The molecule has 0 rings (SSSR count). The van der Waals surface area contributed by atoms with Crippen molar-refractivity contribution in [3.63, 3.8) is 0 Å². The van der Waals surface area contributed by atoms with Gasteiger partial charge in [-0.1, -0.05) is 6.92 Å². The maximum Gasteiger partial charge on any atom is 0.151 e. The van der Waals surface area contributed by atoms with Gasteiger partial charge in [-0.25, -0.2) is 0 Å². The molecule has 0 aromatic rings. The molecule has 0 bridgehead atoms. The molecule has 0 amide bonds. The number of hydrogen-bond donors (Lipinski definition) is 5. The molecule has 0 aliphatic carbocycles. The Labute approximate surface area is 72.7 Å². The van der Waals surface area contributed by atoms with Gasteiger partial charge in [0.05, 0.1) is 13.2 Å². The van der Waals surface area contributed by atoms with E-state index in [1.165, 1.54) is 0 Å². The first-order chi connectivity index (χ1) is 5.68. The van der Waals surface area contributed by atoms with Crippen LogP contribution in [0.1, 0.15) is 13.3 Å². The number of aliphatic hydroxyl groups excluding tert-OH is 3. The first-order valence-electron chi connectivity index (χ1n) is 3.97. The molecule has 0 atom stereocenters. The lowest BCUT2D eigenvalue weighted by molar-refractivity contribution is -0.0413. The molecule has 5 nitrogen and oxygen atoms in total. The standard InChI is InChI=1S/C4H11NO2.C3H8O2/c6-3-1-5-2-4-7;1-2-3(4)5/h5-7H,1-4H2;3-5H,2H2,1H3. The zero-order valence-corrected chi connectivity index (χ0v) is 7.40. The van der Waals surface area contributed by atoms with Crippen molar-refractivity contribution in [1.29, 1.82) is 0 Å². The Kier molecular flexibility index (Phi) is 16.0. The Balaban J connectivity index is 0. The Morgan fingerprint density at radius 3 is 1.58 bits per heavy atom. The molecule has 5 heteroatoms. The first kappa shape index (κ1) is 14.3. The second-order valence-electron chi connectivity index (χ2n) is 2.09. The third kappa shape index (κ3) is 22.6. The van der Waals surface area contributed by atoms with E-state index in [4.69, 9.17) is 20.4 Å². The van der Waals surface area contributed by atoms with E-state index >= 15 is 0 Å². The molecule has 0 aromatic heterocycles. The molecule has 0 saturated carbocycles. The average Bonchev–Trinajstić information content (AvgIpc) is 2.07. The zero-order chi connectivity index (χ0) is 9.82. The van der Waals surface area contributed by atoms with Crippen LogP contribution in [-0.2, 0) is 0 Å². The Hall–Kier alpha value is -0.200. The lowest BCUT2D eigenvalue weighted by Gasteiger charge is -1.94. The van der Waals surface area contributed by atoms with Crippen molar-refractivity contribution in [3.05, 3.63) is 0 Å². The molecule has 0 unspecified atom stereocenters. The van der Waals surface area contributed by atoms with Gasteiger partial charge in [-0.15, -0.1) is 0 Å². The maximum atomic E-state index is 8.15. The fraction of sp³-hybridized carbons (Fsp3) is 1.00. The van der Waals surface area contributed by atoms with Crippen molar-refractivity contribution in [2.24, 2.45) is 0 Å². The summed E-state index contributed by atoms with van der Waals surface area (Å²) in [5.41, 5.74) is 0. The van der Waals surface area contributed by atoms with E-state index in [0.29, 0.717) is 19.5 Å². The third-order valence-corrected chi connectivity index (χ3v) is 0.942. The smallest absolute Gasteiger partial charge is 0.151 e. The van der Waals surface area contributed by atoms with Crippen molar-refractivity contribution >= 4 is 0 Å². The second kappa shape index (κ2) is 13.4. The van der Waals surface area contributed by atoms with Gasteiger partial charge in [0.15, 0.2) is 6.29 Å². The van der Waals surface area contributed by atoms with Crippen LogP contribution in [-0.4, -0.2) is 53.0 Å². The molecule has 5 N–H and O–H groups in total. The highest BCUT2D eigenvalue weighted by atomic mass is 16.5. The molecule has 0 aliphatic heterocycles. The number of nitrogens with one attached hydrogen (secondary N) is 1. The van der Waals surface area contributed by atoms with E-state index in [-0.39, 0.29) is 13.2 Å². The van der Waals surface area contributed by atoms with Gasteiger partial charge in [0.2, 0.25) is 0 Å². The van der Waals surface area contributed by atoms with Crippen molar-refractivity contribution in [1.82, 2.24) is 5.32 Å². The van der Waals surface area contributed by atoms with Crippen LogP contribution in [0.15, 0.2) is 0 Å². The molecule has 76 valence electrons. The summed E-state index contributed by atoms with van der Waals surface area (Å²) in [6.07, 6.45) is -0.699. The molecule has 0 fully saturated rings. The minimum Gasteiger partial charge on any atom is -0.395 e. The Bertz CT molecular complexity index is 66.4. The SMILES string of the molecule is CCC(O)O.OCCNCCO. The minimum atomic E-state index is -1.12. The van der Waals surface area contributed by atoms with E-state index in [1.807, 2.05) is 0 Å². The predicted octanol–water partition coefficient (Wildman–Crippen LogP) is -1.73. The lowest BCUT2D eigenvalue weighted by atomic mass is 10.5. The second-order valence-corrected chi connectivity index (χ2v) is 2.09. The van der Waals surface area contributed by atoms with Gasteiger partial charge >= 0.3 is 0 Å². The molecule has 0 aromatic carbocycles. The van der Waals surface area contributed by atoms with Gasteiger partial charge < -0.3 is 25.7 Å². The van der Waals surface area contributed by atoms with E-state index in [9.17, 15) is 0 Å². The monoisotopic (exact) mass is 181 g/mol. The van der Waals surface area contributed by atoms with Gasteiger partial charge in [-0.3, -0.25) is 0 Å². The Morgan fingerprint density at radius 2 is 1.42 bits per heavy atom. The maximum absolute atomic E-state index is 8.15. The minimum absolute atomic E-state index is 0.139. The van der Waals surface area contributed by atoms with Crippen molar-refractivity contribution < 1.29 is 20.4 Å². The third-order valence-electron chi connectivity index (χ3n) is 0.942. The van der Waals surface area contributed by atoms with Gasteiger partial charge in [0, 0.05) is 13.1 Å². The molecule has 12 heavy (non-hydrogen) atoms. The van der Waals surface area contributed by atoms with Crippen LogP contribution in [0.2, 0.25) is 0 Å². The quantitative estimate of drug-likeness (QED) is 0.257. The highest BCUT2D eigenvalue weighted by Gasteiger charge is 1.83. The van der Waals surface area contributed by atoms with Crippen molar-refractivity contribution in [3.8, 4) is 0 Å². The summed E-state index contributed by atoms with van der Waals surface area (Å²) >= 11 is 0. The van der Waals surface area contributed by atoms with Gasteiger partial charge in [0.1, 0.15) is 0 Å². The lowest BCUT2D eigenvalue weighted by Crippen LogP contribution is -2.21. The molecule has 0 saturated heterocycles. The number of rotatable bonds is 5. The molecule has 0 spiro atoms. The topological polar surface area (TPSA) is 93.0 Å². The highest BCUT2D eigenvalue weighted by Crippen LogP contribution is 1.77. The average molecular weight is 181 g/mol. The molecular weight excluding hydrogens is 162 g/mol. The molecule has 0 aliphatic rings. The van der Waals surface area contributed by atoms with Crippen LogP contribution in [0, 0.1) is 0 Å². The normalized spacial score (nSPS) is 9.50. The van der Waals surface area contributed by atoms with E-state index in [2.05, 4.69) is 5.32 Å². The van der Waals surface area contributed by atoms with E-state index < -0.39 is 6.29 Å². The van der Waals surface area contributed by atoms with Crippen LogP contribution in [0.3, 0.4) is 0 Å². The molecule has 0 radical (unpaired) electrons. The van der Waals surface area contributed by atoms with E-state index in [0.717, 1.165) is 0 Å². The van der Waals surface area contributed by atoms with Gasteiger partial charge in [-0.05, 0) is 6.42 Å². The fourth-order valence-electron chi connectivity index (χ4n) is 0.283. The van der Waals surface area contributed by atoms with Gasteiger partial charge in [0.25, 0.3) is 0 Å². The van der Waals surface area contributed by atoms with Gasteiger partial charge in [-0.2, -0.15) is 0 Å². The predicted molar refractivity (Wildman–Crippen MR) is 45.6 cm³/mol. The highest BCUT2D eigenvalue weighted by molar-refractivity contribution is 4.39. The molecular formula is C7H19NO4. The zero-order valence-electron chi connectivity index (χ0n) is 7.40. The summed E-state index contributed by atoms with van der Waals surface area (Å²) in [6, 6.07) is 0. The summed E-state index contributed by atoms with van der Waals surface area (Å²) in [4.78, 5) is 0. The van der Waals surface area contributed by atoms with Crippen LogP contribution >= 0.6 is 0 Å². The largest absolute Gasteiger partial charge is 0.395 e. The summed E-state index contributed by atoms with van der Waals surface area (Å²) in [5, 5.41) is 34.9. The van der Waals surface area contributed by atoms with Crippen molar-refractivity contribution in [2.75, 3.05) is 26.3 Å². The fourth-order valence-corrected chi connectivity index (χ4v) is 0.283. The summed E-state index contributed by atoms with van der Waals surface area (Å²) in [7, 11) is 0. The summed E-state index contributed by atoms with van der Waals surface area (Å²) in [6.45, 7) is 3.12. The Morgan fingerprint density at radius 1 is 1.08 bits per heavy atom. The van der Waals surface area contributed by atoms with E-state index in [1.54, 1.807) is 6.92 Å².